The van der Waals surface area contributed by atoms with Gasteiger partial charge in [-0.3, -0.25) is 0 Å². The molecule has 33 heavy (non-hydrogen) atoms. The smallest absolute Gasteiger partial charge is 0.211 e. The van der Waals surface area contributed by atoms with Crippen LogP contribution >= 0.6 is 0 Å². The molecule has 0 unspecified atom stereocenters. The second-order valence-corrected chi connectivity index (χ2v) is 9.35. The Kier molecular flexibility index (Phi) is 5.50. The molecule has 5 aromatic rings. The lowest BCUT2D eigenvalue weighted by Gasteiger charge is -2.10. The lowest BCUT2D eigenvalue weighted by Crippen LogP contribution is -2.24. The molecule has 1 N–H and O–H groups in total. The van der Waals surface area contributed by atoms with Gasteiger partial charge < -0.3 is 0 Å². The van der Waals surface area contributed by atoms with Gasteiger partial charge in [-0.2, -0.15) is 4.80 Å². The number of nitrogens with one attached hydrogen (secondary N) is 1. The van der Waals surface area contributed by atoms with E-state index >= 15 is 0 Å². The Bertz CT molecular complexity index is 1590. The van der Waals surface area contributed by atoms with Gasteiger partial charge in [-0.15, -0.1) is 10.2 Å². The van der Waals surface area contributed by atoms with Gasteiger partial charge in [0.2, 0.25) is 10.0 Å². The fourth-order valence-corrected chi connectivity index (χ4v) is 5.06. The maximum absolute atomic E-state index is 13.0. The zero-order valence-corrected chi connectivity index (χ0v) is 18.8. The van der Waals surface area contributed by atoms with Crippen molar-refractivity contribution in [1.29, 1.82) is 0 Å². The Morgan fingerprint density at radius 2 is 1.67 bits per heavy atom. The van der Waals surface area contributed by atoms with E-state index in [1.54, 1.807) is 19.1 Å². The summed E-state index contributed by atoms with van der Waals surface area (Å²) in [6.07, 6.45) is 3.70. The number of nitrogens with zero attached hydrogens (tertiary/aromatic N) is 3. The molecule has 164 valence electrons. The van der Waals surface area contributed by atoms with Crippen molar-refractivity contribution in [2.45, 2.75) is 11.8 Å². The highest BCUT2D eigenvalue weighted by atomic mass is 32.2. The molecule has 0 bridgehead atoms. The molecule has 0 radical (unpaired) electrons. The molecule has 0 aliphatic rings. The summed E-state index contributed by atoms with van der Waals surface area (Å²) in [6.45, 7) is 2.05. The van der Waals surface area contributed by atoms with E-state index in [2.05, 4.69) is 14.9 Å². The zero-order valence-electron chi connectivity index (χ0n) is 18.0. The van der Waals surface area contributed by atoms with Gasteiger partial charge in [-0.05, 0) is 34.7 Å². The molecule has 1 aromatic heterocycles. The Balaban J connectivity index is 1.63. The SMILES string of the molecule is CCNS(=O)(=O)c1cc(-n2nc3ccc4ccccc4c3n2)ccc1C=Cc1ccccc1. The van der Waals surface area contributed by atoms with Crippen LogP contribution in [0.2, 0.25) is 0 Å². The summed E-state index contributed by atoms with van der Waals surface area (Å²) < 4.78 is 28.6. The fourth-order valence-electron chi connectivity index (χ4n) is 3.80. The molecule has 0 fully saturated rings. The second-order valence-electron chi connectivity index (χ2n) is 7.61. The molecule has 0 amide bonds. The van der Waals surface area contributed by atoms with Crippen molar-refractivity contribution in [3.63, 3.8) is 0 Å². The number of rotatable bonds is 6. The third-order valence-electron chi connectivity index (χ3n) is 5.38. The van der Waals surface area contributed by atoms with Crippen LogP contribution in [0.15, 0.2) is 89.8 Å². The maximum atomic E-state index is 13.0. The highest BCUT2D eigenvalue weighted by Crippen LogP contribution is 2.25. The van der Waals surface area contributed by atoms with Crippen LogP contribution in [-0.4, -0.2) is 30.0 Å². The summed E-state index contributed by atoms with van der Waals surface area (Å²) in [5.74, 6) is 0. The van der Waals surface area contributed by atoms with E-state index in [9.17, 15) is 8.42 Å². The van der Waals surface area contributed by atoms with Gasteiger partial charge in [0.25, 0.3) is 0 Å². The van der Waals surface area contributed by atoms with Gasteiger partial charge in [0.05, 0.1) is 10.6 Å². The van der Waals surface area contributed by atoms with Crippen molar-refractivity contribution < 1.29 is 8.42 Å². The fraction of sp³-hybridized carbons (Fsp3) is 0.0769. The van der Waals surface area contributed by atoms with E-state index in [4.69, 9.17) is 0 Å². The van der Waals surface area contributed by atoms with Crippen LogP contribution in [0.1, 0.15) is 18.1 Å². The van der Waals surface area contributed by atoms with Crippen LogP contribution in [0, 0.1) is 0 Å². The van der Waals surface area contributed by atoms with Crippen molar-refractivity contribution in [2.75, 3.05) is 6.54 Å². The van der Waals surface area contributed by atoms with Gasteiger partial charge in [0.1, 0.15) is 11.0 Å². The summed E-state index contributed by atoms with van der Waals surface area (Å²) in [7, 11) is -3.71. The zero-order chi connectivity index (χ0) is 22.8. The molecule has 0 spiro atoms. The van der Waals surface area contributed by atoms with E-state index in [0.29, 0.717) is 17.8 Å². The van der Waals surface area contributed by atoms with Crippen LogP contribution in [-0.2, 0) is 10.0 Å². The number of hydrogen-bond donors (Lipinski definition) is 1. The van der Waals surface area contributed by atoms with E-state index in [-0.39, 0.29) is 4.90 Å². The minimum atomic E-state index is -3.71. The van der Waals surface area contributed by atoms with Gasteiger partial charge in [-0.25, -0.2) is 13.1 Å². The first kappa shape index (κ1) is 21.1. The van der Waals surface area contributed by atoms with E-state index < -0.39 is 10.0 Å². The van der Waals surface area contributed by atoms with Gasteiger partial charge in [-0.1, -0.05) is 85.8 Å². The van der Waals surface area contributed by atoms with Crippen molar-refractivity contribution in [1.82, 2.24) is 19.7 Å². The highest BCUT2D eigenvalue weighted by Gasteiger charge is 2.19. The molecule has 1 heterocycles. The molecule has 0 saturated heterocycles. The Hall–Kier alpha value is -3.81. The molecule has 7 heteroatoms. The van der Waals surface area contributed by atoms with Crippen molar-refractivity contribution in [3.8, 4) is 5.69 Å². The minimum absolute atomic E-state index is 0.181. The van der Waals surface area contributed by atoms with Crippen molar-refractivity contribution >= 4 is 44.0 Å². The number of hydrogen-bond acceptors (Lipinski definition) is 4. The van der Waals surface area contributed by atoms with Gasteiger partial charge >= 0.3 is 0 Å². The molecule has 0 atom stereocenters. The molecule has 4 aromatic carbocycles. The summed E-state index contributed by atoms with van der Waals surface area (Å²) in [5.41, 5.74) is 3.67. The average Bonchev–Trinajstić information content (AvgIpc) is 3.28. The Morgan fingerprint density at radius 1 is 0.879 bits per heavy atom. The lowest BCUT2D eigenvalue weighted by molar-refractivity contribution is 0.583. The monoisotopic (exact) mass is 454 g/mol. The third kappa shape index (κ3) is 4.16. The molecule has 0 aliphatic heterocycles. The molecular weight excluding hydrogens is 432 g/mol. The summed E-state index contributed by atoms with van der Waals surface area (Å²) >= 11 is 0. The number of sulfonamides is 1. The maximum Gasteiger partial charge on any atom is 0.241 e. The van der Waals surface area contributed by atoms with Crippen LogP contribution < -0.4 is 4.72 Å². The van der Waals surface area contributed by atoms with Crippen LogP contribution in [0.5, 0.6) is 0 Å². The Labute approximate surface area is 192 Å². The standard InChI is InChI=1S/C26H22N4O2S/c1-2-27-33(31,32)25-18-22(16-14-21(25)13-12-19-8-4-3-5-9-19)30-28-24-17-15-20-10-6-7-11-23(20)26(24)29-30/h3-18,27H,2H2,1H3. The number of benzene rings is 4. The van der Waals surface area contributed by atoms with Gasteiger partial charge in [0, 0.05) is 11.9 Å². The normalized spacial score (nSPS) is 12.2. The summed E-state index contributed by atoms with van der Waals surface area (Å²) in [4.78, 5) is 1.67. The molecule has 0 aliphatic carbocycles. The molecule has 6 nitrogen and oxygen atoms in total. The third-order valence-corrected chi connectivity index (χ3v) is 6.98. The molecular formula is C26H22N4O2S. The predicted octanol–water partition coefficient (Wildman–Crippen LogP) is 5.04. The van der Waals surface area contributed by atoms with E-state index in [1.165, 1.54) is 4.80 Å². The molecule has 5 rings (SSSR count). The van der Waals surface area contributed by atoms with E-state index in [1.807, 2.05) is 84.9 Å². The first-order valence-electron chi connectivity index (χ1n) is 10.7. The number of aromatic nitrogens is 3. The second kappa shape index (κ2) is 8.61. The van der Waals surface area contributed by atoms with Crippen molar-refractivity contribution in [3.05, 3.63) is 96.1 Å². The predicted molar refractivity (Wildman–Crippen MR) is 133 cm³/mol. The quantitative estimate of drug-likeness (QED) is 0.365. The lowest BCUT2D eigenvalue weighted by atomic mass is 10.1. The first-order valence-corrected chi connectivity index (χ1v) is 12.2. The first-order chi connectivity index (χ1) is 16.0. The Morgan fingerprint density at radius 3 is 2.48 bits per heavy atom. The van der Waals surface area contributed by atoms with E-state index in [0.717, 1.165) is 27.4 Å². The minimum Gasteiger partial charge on any atom is -0.211 e. The topological polar surface area (TPSA) is 76.9 Å². The van der Waals surface area contributed by atoms with Crippen LogP contribution in [0.4, 0.5) is 0 Å². The number of fused-ring (bicyclic) bond motifs is 3. The van der Waals surface area contributed by atoms with Crippen LogP contribution in [0.25, 0.3) is 39.6 Å². The molecule has 0 saturated carbocycles. The van der Waals surface area contributed by atoms with Crippen LogP contribution in [0.3, 0.4) is 0 Å². The van der Waals surface area contributed by atoms with Gasteiger partial charge in [0.15, 0.2) is 0 Å². The summed E-state index contributed by atoms with van der Waals surface area (Å²) in [5, 5.41) is 11.4. The van der Waals surface area contributed by atoms with Crippen molar-refractivity contribution in [2.24, 2.45) is 0 Å². The summed E-state index contributed by atoms with van der Waals surface area (Å²) in [6, 6.07) is 26.9. The average molecular weight is 455 g/mol. The highest BCUT2D eigenvalue weighted by molar-refractivity contribution is 7.89. The largest absolute Gasteiger partial charge is 0.241 e.